The summed E-state index contributed by atoms with van der Waals surface area (Å²) in [7, 11) is 1.42. The number of nitrogens with one attached hydrogen (secondary N) is 1. The molecule has 29 heavy (non-hydrogen) atoms. The van der Waals surface area contributed by atoms with Crippen molar-refractivity contribution < 1.29 is 18.7 Å². The molecule has 1 heterocycles. The Hall–Kier alpha value is -2.45. The average Bonchev–Trinajstić information content (AvgIpc) is 3.05. The van der Waals surface area contributed by atoms with Gasteiger partial charge in [0.25, 0.3) is 5.91 Å². The summed E-state index contributed by atoms with van der Waals surface area (Å²) in [4.78, 5) is 27.6. The first kappa shape index (κ1) is 21.3. The van der Waals surface area contributed by atoms with E-state index in [0.29, 0.717) is 23.7 Å². The second-order valence-corrected chi connectivity index (χ2v) is 8.20. The van der Waals surface area contributed by atoms with E-state index in [0.717, 1.165) is 41.7 Å². The van der Waals surface area contributed by atoms with Crippen molar-refractivity contribution in [1.29, 1.82) is 0 Å². The molecule has 8 heteroatoms. The van der Waals surface area contributed by atoms with Gasteiger partial charge in [-0.15, -0.1) is 11.3 Å². The van der Waals surface area contributed by atoms with Crippen molar-refractivity contribution in [2.24, 2.45) is 5.73 Å². The summed E-state index contributed by atoms with van der Waals surface area (Å²) >= 11 is 1.45. The Balaban J connectivity index is 1.68. The number of nitrogens with zero attached hydrogens (tertiary/aromatic N) is 1. The number of thiophene rings is 1. The number of benzene rings is 1. The third-order valence-corrected chi connectivity index (χ3v) is 6.31. The Morgan fingerprint density at radius 1 is 1.31 bits per heavy atom. The zero-order valence-corrected chi connectivity index (χ0v) is 17.5. The number of hydrogen-bond donors (Lipinski definition) is 2. The first-order chi connectivity index (χ1) is 13.9. The second kappa shape index (κ2) is 9.37. The number of nitrogens with two attached hydrogens (primary N) is 1. The summed E-state index contributed by atoms with van der Waals surface area (Å²) < 4.78 is 18.9. The zero-order chi connectivity index (χ0) is 21.0. The number of aryl methyl sites for hydroxylation is 1. The molecule has 1 aromatic carbocycles. The van der Waals surface area contributed by atoms with Crippen LogP contribution in [0, 0.1) is 5.82 Å². The summed E-state index contributed by atoms with van der Waals surface area (Å²) in [6.07, 6.45) is 3.85. The van der Waals surface area contributed by atoms with Gasteiger partial charge in [0.2, 0.25) is 5.91 Å². The van der Waals surface area contributed by atoms with Gasteiger partial charge in [-0.2, -0.15) is 0 Å². The van der Waals surface area contributed by atoms with E-state index in [4.69, 9.17) is 10.5 Å². The normalized spacial score (nSPS) is 13.2. The Morgan fingerprint density at radius 2 is 2.07 bits per heavy atom. The molecule has 156 valence electrons. The van der Waals surface area contributed by atoms with E-state index >= 15 is 0 Å². The summed E-state index contributed by atoms with van der Waals surface area (Å²) in [5.41, 5.74) is 7.79. The topological polar surface area (TPSA) is 84.7 Å². The van der Waals surface area contributed by atoms with Gasteiger partial charge in [-0.05, 0) is 55.5 Å². The minimum absolute atomic E-state index is 0.130. The number of fused-ring (bicyclic) bond motifs is 1. The Kier molecular flexibility index (Phi) is 6.87. The number of halogens is 1. The molecule has 0 unspecified atom stereocenters. The predicted octanol–water partition coefficient (Wildman–Crippen LogP) is 3.33. The number of ether oxygens (including phenoxy) is 1. The van der Waals surface area contributed by atoms with Gasteiger partial charge in [0.1, 0.15) is 5.00 Å². The molecule has 0 spiro atoms. The Labute approximate surface area is 173 Å². The van der Waals surface area contributed by atoms with Crippen molar-refractivity contribution in [3.8, 4) is 5.75 Å². The third kappa shape index (κ3) is 4.94. The van der Waals surface area contributed by atoms with Gasteiger partial charge >= 0.3 is 0 Å². The largest absolute Gasteiger partial charge is 0.494 e. The number of rotatable bonds is 8. The zero-order valence-electron chi connectivity index (χ0n) is 16.7. The Morgan fingerprint density at radius 3 is 2.72 bits per heavy atom. The molecule has 0 fully saturated rings. The highest BCUT2D eigenvalue weighted by molar-refractivity contribution is 7.17. The van der Waals surface area contributed by atoms with Crippen LogP contribution >= 0.6 is 11.3 Å². The number of carbonyl (C=O) groups is 2. The molecule has 1 aliphatic carbocycles. The van der Waals surface area contributed by atoms with Gasteiger partial charge in [0, 0.05) is 11.4 Å². The van der Waals surface area contributed by atoms with E-state index in [1.54, 1.807) is 12.1 Å². The number of likely N-dealkylation sites (N-methyl/N-ethyl adjacent to an activating group) is 1. The minimum atomic E-state index is -0.499. The van der Waals surface area contributed by atoms with Gasteiger partial charge in [0.05, 0.1) is 19.2 Å². The first-order valence-corrected chi connectivity index (χ1v) is 10.5. The minimum Gasteiger partial charge on any atom is -0.494 e. The lowest BCUT2D eigenvalue weighted by Crippen LogP contribution is -2.33. The van der Waals surface area contributed by atoms with Gasteiger partial charge < -0.3 is 15.8 Å². The van der Waals surface area contributed by atoms with Crippen molar-refractivity contribution in [2.75, 3.05) is 25.5 Å². The molecule has 0 radical (unpaired) electrons. The highest BCUT2D eigenvalue weighted by Crippen LogP contribution is 2.37. The summed E-state index contributed by atoms with van der Waals surface area (Å²) in [5, 5.41) is 3.41. The molecule has 0 saturated carbocycles. The van der Waals surface area contributed by atoms with Gasteiger partial charge in [0.15, 0.2) is 11.6 Å². The van der Waals surface area contributed by atoms with Gasteiger partial charge in [-0.25, -0.2) is 4.39 Å². The maximum Gasteiger partial charge on any atom is 0.251 e. The van der Waals surface area contributed by atoms with Crippen LogP contribution in [0.1, 0.15) is 46.1 Å². The van der Waals surface area contributed by atoms with E-state index in [-0.39, 0.29) is 18.2 Å². The standard InChI is InChI=1S/C21H26FN3O3S/c1-3-25(11-13-8-9-16(28-2)15(22)10-13)12-18(26)24-21-19(20(23)27)14-6-4-5-7-17(14)29-21/h8-10H,3-7,11-12H2,1-2H3,(H2,23,27)(H,24,26). The summed E-state index contributed by atoms with van der Waals surface area (Å²) in [5.74, 6) is -0.960. The third-order valence-electron chi connectivity index (χ3n) is 5.11. The maximum absolute atomic E-state index is 13.9. The van der Waals surface area contributed by atoms with E-state index in [1.807, 2.05) is 11.8 Å². The van der Waals surface area contributed by atoms with Crippen LogP contribution in [0.5, 0.6) is 5.75 Å². The monoisotopic (exact) mass is 419 g/mol. The SMILES string of the molecule is CCN(CC(=O)Nc1sc2c(c1C(N)=O)CCCC2)Cc1ccc(OC)c(F)c1. The first-order valence-electron chi connectivity index (χ1n) is 9.71. The molecule has 3 N–H and O–H groups in total. The lowest BCUT2D eigenvalue weighted by atomic mass is 9.95. The van der Waals surface area contributed by atoms with Crippen LogP contribution in [0.3, 0.4) is 0 Å². The van der Waals surface area contributed by atoms with Gasteiger partial charge in [-0.1, -0.05) is 13.0 Å². The summed E-state index contributed by atoms with van der Waals surface area (Å²) in [6.45, 7) is 3.11. The molecule has 0 atom stereocenters. The molecule has 0 saturated heterocycles. The van der Waals surface area contributed by atoms with Crippen LogP contribution in [-0.4, -0.2) is 36.9 Å². The van der Waals surface area contributed by atoms with Crippen LogP contribution in [0.2, 0.25) is 0 Å². The van der Waals surface area contributed by atoms with Crippen LogP contribution in [-0.2, 0) is 24.2 Å². The lowest BCUT2D eigenvalue weighted by molar-refractivity contribution is -0.117. The van der Waals surface area contributed by atoms with Crippen LogP contribution in [0.4, 0.5) is 9.39 Å². The van der Waals surface area contributed by atoms with Gasteiger partial charge in [-0.3, -0.25) is 14.5 Å². The van der Waals surface area contributed by atoms with E-state index in [1.165, 1.54) is 24.5 Å². The van der Waals surface area contributed by atoms with Crippen molar-refractivity contribution >= 4 is 28.2 Å². The molecule has 2 amide bonds. The average molecular weight is 420 g/mol. The van der Waals surface area contributed by atoms with Crippen molar-refractivity contribution in [1.82, 2.24) is 4.90 Å². The van der Waals surface area contributed by atoms with Crippen molar-refractivity contribution in [3.05, 3.63) is 45.6 Å². The summed E-state index contributed by atoms with van der Waals surface area (Å²) in [6, 6.07) is 4.77. The van der Waals surface area contributed by atoms with Crippen molar-refractivity contribution in [3.63, 3.8) is 0 Å². The molecule has 1 aromatic heterocycles. The Bertz CT molecular complexity index is 913. The van der Waals surface area contributed by atoms with Crippen LogP contribution in [0.15, 0.2) is 18.2 Å². The number of hydrogen-bond acceptors (Lipinski definition) is 5. The molecule has 3 rings (SSSR count). The highest BCUT2D eigenvalue weighted by Gasteiger charge is 2.25. The quantitative estimate of drug-likeness (QED) is 0.687. The highest BCUT2D eigenvalue weighted by atomic mass is 32.1. The fraction of sp³-hybridized carbons (Fsp3) is 0.429. The molecule has 6 nitrogen and oxygen atoms in total. The molecular formula is C21H26FN3O3S. The number of anilines is 1. The molecule has 2 aromatic rings. The fourth-order valence-corrected chi connectivity index (χ4v) is 4.94. The maximum atomic E-state index is 13.9. The number of carbonyl (C=O) groups excluding carboxylic acids is 2. The lowest BCUT2D eigenvalue weighted by Gasteiger charge is -2.20. The molecular weight excluding hydrogens is 393 g/mol. The molecule has 1 aliphatic rings. The van der Waals surface area contributed by atoms with E-state index in [9.17, 15) is 14.0 Å². The van der Waals surface area contributed by atoms with Crippen LogP contribution < -0.4 is 15.8 Å². The van der Waals surface area contributed by atoms with E-state index in [2.05, 4.69) is 5.32 Å². The molecule has 0 bridgehead atoms. The number of methoxy groups -OCH3 is 1. The van der Waals surface area contributed by atoms with Crippen molar-refractivity contribution in [2.45, 2.75) is 39.2 Å². The number of primary amides is 1. The smallest absolute Gasteiger partial charge is 0.251 e. The second-order valence-electron chi connectivity index (χ2n) is 7.10. The predicted molar refractivity (Wildman–Crippen MR) is 112 cm³/mol. The fourth-order valence-electron chi connectivity index (χ4n) is 3.63. The van der Waals surface area contributed by atoms with Crippen LogP contribution in [0.25, 0.3) is 0 Å². The molecule has 0 aliphatic heterocycles. The van der Waals surface area contributed by atoms with E-state index < -0.39 is 11.7 Å². The number of amides is 2.